The van der Waals surface area contributed by atoms with E-state index in [9.17, 15) is 29.7 Å². The fourth-order valence-corrected chi connectivity index (χ4v) is 4.34. The third-order valence-electron chi connectivity index (χ3n) is 7.13. The van der Waals surface area contributed by atoms with Crippen LogP contribution in [0.15, 0.2) is 0 Å². The fourth-order valence-electron chi connectivity index (χ4n) is 4.34. The Hall–Kier alpha value is -0.252. The van der Waals surface area contributed by atoms with Gasteiger partial charge in [0.05, 0.1) is 0 Å². The number of unbranched alkanes of at least 4 members (excludes halogenated alkanes) is 3. The molecule has 0 rings (SSSR count). The first-order valence-electron chi connectivity index (χ1n) is 14.3. The van der Waals surface area contributed by atoms with Crippen molar-refractivity contribution >= 4 is 17.9 Å². The number of rotatable bonds is 18. The van der Waals surface area contributed by atoms with Crippen molar-refractivity contribution in [3.05, 3.63) is 0 Å². The maximum Gasteiger partial charge on any atom is 3.00 e. The summed E-state index contributed by atoms with van der Waals surface area (Å²) in [5, 5.41) is 32.4. The molecule has 0 amide bonds. The van der Waals surface area contributed by atoms with Crippen LogP contribution in [0, 0.1) is 56.6 Å². The largest absolute Gasteiger partial charge is 3.00 e. The Morgan fingerprint density at radius 1 is 0.432 bits per heavy atom. The quantitative estimate of drug-likeness (QED) is 0.199. The Balaban J connectivity index is -0.000000218. The van der Waals surface area contributed by atoms with E-state index in [1.165, 1.54) is 0 Å². The first-order valence-corrected chi connectivity index (χ1v) is 14.3. The molecule has 3 unspecified atom stereocenters. The number of carboxylic acids is 3. The van der Waals surface area contributed by atoms with Gasteiger partial charge >= 0.3 is 40.4 Å². The van der Waals surface area contributed by atoms with Crippen molar-refractivity contribution < 1.29 is 70.1 Å². The molecule has 0 spiro atoms. The van der Waals surface area contributed by atoms with Crippen LogP contribution >= 0.6 is 0 Å². The van der Waals surface area contributed by atoms with Gasteiger partial charge in [-0.05, 0) is 38.5 Å². The van der Waals surface area contributed by atoms with Crippen LogP contribution in [0.2, 0.25) is 0 Å². The molecular formula is C30H57O6Sm. The van der Waals surface area contributed by atoms with E-state index in [-0.39, 0.29) is 40.4 Å². The van der Waals surface area contributed by atoms with Crippen LogP contribution < -0.4 is 15.3 Å². The van der Waals surface area contributed by atoms with Crippen molar-refractivity contribution in [2.75, 3.05) is 0 Å². The number of carboxylic acid groups (broad SMARTS) is 3. The zero-order valence-electron chi connectivity index (χ0n) is 25.5. The van der Waals surface area contributed by atoms with E-state index in [1.807, 2.05) is 20.8 Å². The van der Waals surface area contributed by atoms with Gasteiger partial charge in [-0.2, -0.15) is 0 Å². The molecule has 0 aromatic heterocycles. The van der Waals surface area contributed by atoms with Gasteiger partial charge in [0.25, 0.3) is 0 Å². The van der Waals surface area contributed by atoms with Crippen LogP contribution in [0.3, 0.4) is 0 Å². The normalized spacial score (nSPS) is 15.2. The SMILES string of the molecule is CCCCC(C)(CCC)C(=O)[O-].CCCCC(C)(CCC)C(=O)[O-].CCCCC(C)(CCC)C(=O)[O-].[Sm+3]. The molecule has 3 atom stereocenters. The van der Waals surface area contributed by atoms with Gasteiger partial charge in [-0.25, -0.2) is 0 Å². The zero-order chi connectivity index (χ0) is 28.8. The maximum absolute atomic E-state index is 10.8. The molecule has 0 heterocycles. The molecule has 219 valence electrons. The minimum absolute atomic E-state index is 0. The molecular weight excluding hydrogens is 607 g/mol. The van der Waals surface area contributed by atoms with Gasteiger partial charge in [-0.15, -0.1) is 0 Å². The van der Waals surface area contributed by atoms with E-state index in [2.05, 4.69) is 20.8 Å². The van der Waals surface area contributed by atoms with Crippen LogP contribution in [-0.2, 0) is 14.4 Å². The van der Waals surface area contributed by atoms with E-state index >= 15 is 0 Å². The second-order valence-electron chi connectivity index (χ2n) is 11.1. The van der Waals surface area contributed by atoms with Gasteiger partial charge in [0.15, 0.2) is 0 Å². The Morgan fingerprint density at radius 2 is 0.622 bits per heavy atom. The van der Waals surface area contributed by atoms with Crippen LogP contribution in [-0.4, -0.2) is 17.9 Å². The predicted molar refractivity (Wildman–Crippen MR) is 143 cm³/mol. The summed E-state index contributed by atoms with van der Waals surface area (Å²) >= 11 is 0. The van der Waals surface area contributed by atoms with Gasteiger partial charge in [0, 0.05) is 34.2 Å². The zero-order valence-corrected chi connectivity index (χ0v) is 28.1. The number of hydrogen-bond donors (Lipinski definition) is 0. The average molecular weight is 664 g/mol. The van der Waals surface area contributed by atoms with Gasteiger partial charge < -0.3 is 29.7 Å². The summed E-state index contributed by atoms with van der Waals surface area (Å²) in [5.41, 5.74) is -1.78. The van der Waals surface area contributed by atoms with Crippen molar-refractivity contribution in [1.82, 2.24) is 0 Å². The van der Waals surface area contributed by atoms with Crippen LogP contribution in [0.5, 0.6) is 0 Å². The molecule has 7 heteroatoms. The molecule has 0 fully saturated rings. The molecule has 0 bridgehead atoms. The predicted octanol–water partition coefficient (Wildman–Crippen LogP) is 5.20. The van der Waals surface area contributed by atoms with Crippen molar-refractivity contribution in [3.8, 4) is 0 Å². The Morgan fingerprint density at radius 3 is 0.730 bits per heavy atom. The summed E-state index contributed by atoms with van der Waals surface area (Å²) in [5.74, 6) is -2.67. The summed E-state index contributed by atoms with van der Waals surface area (Å²) in [6, 6.07) is 0. The number of aliphatic carboxylic acids is 3. The molecule has 0 N–H and O–H groups in total. The molecule has 0 saturated carbocycles. The van der Waals surface area contributed by atoms with Crippen LogP contribution in [0.25, 0.3) is 0 Å². The molecule has 0 aromatic rings. The molecule has 0 aromatic carbocycles. The van der Waals surface area contributed by atoms with Gasteiger partial charge in [0.2, 0.25) is 0 Å². The maximum atomic E-state index is 10.8. The molecule has 37 heavy (non-hydrogen) atoms. The standard InChI is InChI=1S/3C10H20O2.Sm/c3*1-4-6-8-10(3,7-5-2)9(11)12;/h3*4-8H2,1-3H3,(H,11,12);/q;;;+3/p-3. The number of carbonyl (C=O) groups is 3. The monoisotopic (exact) mass is 665 g/mol. The Kier molecular flexibility index (Phi) is 29.3. The molecule has 1 radical (unpaired) electrons. The van der Waals surface area contributed by atoms with Gasteiger partial charge in [0.1, 0.15) is 0 Å². The van der Waals surface area contributed by atoms with Crippen molar-refractivity contribution in [1.29, 1.82) is 0 Å². The van der Waals surface area contributed by atoms with Crippen molar-refractivity contribution in [2.45, 2.75) is 159 Å². The summed E-state index contributed by atoms with van der Waals surface area (Å²) in [4.78, 5) is 32.4. The van der Waals surface area contributed by atoms with E-state index in [0.717, 1.165) is 96.3 Å². The van der Waals surface area contributed by atoms with Crippen LogP contribution in [0.1, 0.15) is 159 Å². The van der Waals surface area contributed by atoms with E-state index < -0.39 is 34.2 Å². The first kappa shape index (κ1) is 43.8. The van der Waals surface area contributed by atoms with E-state index in [1.54, 1.807) is 20.8 Å². The van der Waals surface area contributed by atoms with Gasteiger partial charge in [-0.1, -0.05) is 120 Å². The third kappa shape index (κ3) is 20.3. The molecule has 0 saturated heterocycles. The second kappa shape index (κ2) is 24.8. The summed E-state index contributed by atoms with van der Waals surface area (Å²) in [6.07, 6.45) is 13.3. The van der Waals surface area contributed by atoms with E-state index in [0.29, 0.717) is 0 Å². The smallest absolute Gasteiger partial charge is 0.550 e. The van der Waals surface area contributed by atoms with Gasteiger partial charge in [-0.3, -0.25) is 0 Å². The summed E-state index contributed by atoms with van der Waals surface area (Å²) in [6.45, 7) is 17.6. The molecule has 0 aliphatic rings. The molecule has 6 nitrogen and oxygen atoms in total. The Bertz CT molecular complexity index is 516. The van der Waals surface area contributed by atoms with E-state index in [4.69, 9.17) is 0 Å². The van der Waals surface area contributed by atoms with Crippen LogP contribution in [0.4, 0.5) is 0 Å². The minimum Gasteiger partial charge on any atom is -0.550 e. The summed E-state index contributed by atoms with van der Waals surface area (Å²) < 4.78 is 0. The summed E-state index contributed by atoms with van der Waals surface area (Å²) in [7, 11) is 0. The molecule has 0 aliphatic carbocycles. The first-order chi connectivity index (χ1) is 16.7. The Labute approximate surface area is 261 Å². The second-order valence-corrected chi connectivity index (χ2v) is 11.1. The fraction of sp³-hybridized carbons (Fsp3) is 0.900. The van der Waals surface area contributed by atoms with Crippen molar-refractivity contribution in [3.63, 3.8) is 0 Å². The average Bonchev–Trinajstić information content (AvgIpc) is 2.81. The number of hydrogen-bond acceptors (Lipinski definition) is 6. The minimum atomic E-state index is -0.891. The third-order valence-corrected chi connectivity index (χ3v) is 7.13. The number of carbonyl (C=O) groups excluding carboxylic acids is 3. The molecule has 0 aliphatic heterocycles. The van der Waals surface area contributed by atoms with Crippen molar-refractivity contribution in [2.24, 2.45) is 16.2 Å². The topological polar surface area (TPSA) is 120 Å².